The normalized spacial score (nSPS) is 22.5. The van der Waals surface area contributed by atoms with Crippen molar-refractivity contribution in [3.8, 4) is 5.75 Å². The molecule has 114 valence electrons. The predicted octanol–water partition coefficient (Wildman–Crippen LogP) is 1.88. The highest BCUT2D eigenvalue weighted by Gasteiger charge is 2.41. The Morgan fingerprint density at radius 2 is 1.95 bits per heavy atom. The number of anilines is 1. The van der Waals surface area contributed by atoms with Gasteiger partial charge in [-0.3, -0.25) is 14.5 Å². The van der Waals surface area contributed by atoms with E-state index in [1.165, 1.54) is 0 Å². The molecule has 0 aliphatic carbocycles. The fraction of sp³-hybridized carbons (Fsp3) is 0.500. The van der Waals surface area contributed by atoms with E-state index in [0.717, 1.165) is 17.0 Å². The van der Waals surface area contributed by atoms with E-state index >= 15 is 0 Å². The maximum absolute atomic E-state index is 12.5. The second-order valence-electron chi connectivity index (χ2n) is 5.78. The fourth-order valence-corrected chi connectivity index (χ4v) is 2.72. The third-order valence-corrected chi connectivity index (χ3v) is 3.80. The number of hydrogen-bond acceptors (Lipinski definition) is 3. The second kappa shape index (κ2) is 5.76. The Labute approximate surface area is 125 Å². The van der Waals surface area contributed by atoms with Crippen LogP contribution in [0.5, 0.6) is 5.75 Å². The number of benzene rings is 1. The number of carbonyl (C=O) groups excluding carboxylic acids is 2. The van der Waals surface area contributed by atoms with E-state index < -0.39 is 12.1 Å². The van der Waals surface area contributed by atoms with Gasteiger partial charge >= 0.3 is 0 Å². The number of rotatable bonds is 3. The summed E-state index contributed by atoms with van der Waals surface area (Å²) in [5.74, 6) is 0.606. The van der Waals surface area contributed by atoms with Crippen LogP contribution in [0.1, 0.15) is 26.3 Å². The Bertz CT molecular complexity index is 569. The Kier molecular flexibility index (Phi) is 4.21. The zero-order chi connectivity index (χ0) is 15.7. The minimum Gasteiger partial charge on any atom is -0.496 e. The molecule has 1 aliphatic rings. The molecule has 2 unspecified atom stereocenters. The summed E-state index contributed by atoms with van der Waals surface area (Å²) in [6, 6.07) is 4.55. The van der Waals surface area contributed by atoms with Crippen molar-refractivity contribution in [1.29, 1.82) is 0 Å². The van der Waals surface area contributed by atoms with Crippen LogP contribution in [0.4, 0.5) is 5.69 Å². The molecule has 2 atom stereocenters. The number of carbonyl (C=O) groups is 2. The lowest BCUT2D eigenvalue weighted by molar-refractivity contribution is -0.134. The summed E-state index contributed by atoms with van der Waals surface area (Å²) < 4.78 is 5.25. The molecule has 0 bridgehead atoms. The maximum atomic E-state index is 12.5. The van der Waals surface area contributed by atoms with Crippen LogP contribution in [-0.4, -0.2) is 31.0 Å². The molecule has 1 aliphatic heterocycles. The molecule has 2 amide bonds. The molecule has 0 saturated carbocycles. The molecule has 5 nitrogen and oxygen atoms in total. The SMILES string of the molecule is COc1ccc(N2C(=O)C(C)NC(=O)C2C(C)C)cc1C. The number of nitrogens with one attached hydrogen (secondary N) is 1. The lowest BCUT2D eigenvalue weighted by atomic mass is 9.96. The van der Waals surface area contributed by atoms with Gasteiger partial charge < -0.3 is 10.1 Å². The van der Waals surface area contributed by atoms with Gasteiger partial charge in [-0.05, 0) is 43.5 Å². The van der Waals surface area contributed by atoms with E-state index in [0.29, 0.717) is 0 Å². The first-order valence-electron chi connectivity index (χ1n) is 7.15. The number of piperazine rings is 1. The van der Waals surface area contributed by atoms with Gasteiger partial charge in [0.1, 0.15) is 17.8 Å². The lowest BCUT2D eigenvalue weighted by Gasteiger charge is -2.40. The molecule has 1 aromatic rings. The summed E-state index contributed by atoms with van der Waals surface area (Å²) in [7, 11) is 1.61. The number of nitrogens with zero attached hydrogens (tertiary/aromatic N) is 1. The molecule has 0 radical (unpaired) electrons. The van der Waals surface area contributed by atoms with Gasteiger partial charge in [-0.25, -0.2) is 0 Å². The molecule has 1 saturated heterocycles. The molecule has 1 aromatic carbocycles. The van der Waals surface area contributed by atoms with Crippen molar-refractivity contribution in [2.24, 2.45) is 5.92 Å². The predicted molar refractivity (Wildman–Crippen MR) is 81.4 cm³/mol. The summed E-state index contributed by atoms with van der Waals surface area (Å²) in [5, 5.41) is 2.74. The molecule has 1 N–H and O–H groups in total. The van der Waals surface area contributed by atoms with Crippen LogP contribution in [0.25, 0.3) is 0 Å². The molecule has 1 fully saturated rings. The largest absolute Gasteiger partial charge is 0.496 e. The molecular formula is C16H22N2O3. The molecule has 0 spiro atoms. The summed E-state index contributed by atoms with van der Waals surface area (Å²) in [4.78, 5) is 26.4. The third kappa shape index (κ3) is 2.73. The van der Waals surface area contributed by atoms with Crippen molar-refractivity contribution >= 4 is 17.5 Å². The number of methoxy groups -OCH3 is 1. The van der Waals surface area contributed by atoms with Crippen LogP contribution in [0, 0.1) is 12.8 Å². The van der Waals surface area contributed by atoms with Crippen LogP contribution in [0.15, 0.2) is 18.2 Å². The number of aryl methyl sites for hydroxylation is 1. The van der Waals surface area contributed by atoms with Gasteiger partial charge in [0.15, 0.2) is 0 Å². The zero-order valence-corrected chi connectivity index (χ0v) is 13.1. The minimum absolute atomic E-state index is 0.0313. The highest BCUT2D eigenvalue weighted by molar-refractivity contribution is 6.08. The van der Waals surface area contributed by atoms with Crippen LogP contribution in [0.3, 0.4) is 0 Å². The highest BCUT2D eigenvalue weighted by atomic mass is 16.5. The highest BCUT2D eigenvalue weighted by Crippen LogP contribution is 2.29. The molecule has 5 heteroatoms. The number of amides is 2. The Morgan fingerprint density at radius 3 is 2.48 bits per heavy atom. The van der Waals surface area contributed by atoms with E-state index in [2.05, 4.69) is 5.32 Å². The van der Waals surface area contributed by atoms with E-state index in [1.807, 2.05) is 39.0 Å². The van der Waals surface area contributed by atoms with Gasteiger partial charge in [-0.1, -0.05) is 13.8 Å². The third-order valence-electron chi connectivity index (χ3n) is 3.80. The van der Waals surface area contributed by atoms with Crippen LogP contribution in [0.2, 0.25) is 0 Å². The van der Waals surface area contributed by atoms with Crippen molar-refractivity contribution < 1.29 is 14.3 Å². The standard InChI is InChI=1S/C16H22N2O3/c1-9(2)14-15(19)17-11(4)16(20)18(14)12-6-7-13(21-5)10(3)8-12/h6-9,11,14H,1-5H3,(H,17,19). The van der Waals surface area contributed by atoms with Gasteiger partial charge in [0.2, 0.25) is 11.8 Å². The second-order valence-corrected chi connectivity index (χ2v) is 5.78. The molecular weight excluding hydrogens is 268 g/mol. The van der Waals surface area contributed by atoms with Crippen molar-refractivity contribution in [1.82, 2.24) is 5.32 Å². The smallest absolute Gasteiger partial charge is 0.250 e. The van der Waals surface area contributed by atoms with Crippen LogP contribution >= 0.6 is 0 Å². The van der Waals surface area contributed by atoms with Gasteiger partial charge in [0.05, 0.1) is 7.11 Å². The first-order valence-corrected chi connectivity index (χ1v) is 7.15. The van der Waals surface area contributed by atoms with E-state index in [-0.39, 0.29) is 17.7 Å². The van der Waals surface area contributed by atoms with E-state index in [9.17, 15) is 9.59 Å². The van der Waals surface area contributed by atoms with Gasteiger partial charge in [0, 0.05) is 5.69 Å². The van der Waals surface area contributed by atoms with E-state index in [4.69, 9.17) is 4.74 Å². The van der Waals surface area contributed by atoms with Crippen molar-refractivity contribution in [3.05, 3.63) is 23.8 Å². The Hall–Kier alpha value is -2.04. The topological polar surface area (TPSA) is 58.6 Å². The monoisotopic (exact) mass is 290 g/mol. The summed E-state index contributed by atoms with van der Waals surface area (Å²) in [6.07, 6.45) is 0. The lowest BCUT2D eigenvalue weighted by Crippen LogP contribution is -2.64. The summed E-state index contributed by atoms with van der Waals surface area (Å²) in [6.45, 7) is 7.51. The minimum atomic E-state index is -0.505. The Morgan fingerprint density at radius 1 is 1.29 bits per heavy atom. The Balaban J connectivity index is 2.47. The molecule has 2 rings (SSSR count). The van der Waals surface area contributed by atoms with Crippen molar-refractivity contribution in [3.63, 3.8) is 0 Å². The van der Waals surface area contributed by atoms with Crippen LogP contribution < -0.4 is 15.0 Å². The van der Waals surface area contributed by atoms with Crippen LogP contribution in [-0.2, 0) is 9.59 Å². The fourth-order valence-electron chi connectivity index (χ4n) is 2.72. The first-order chi connectivity index (χ1) is 9.86. The molecule has 1 heterocycles. The quantitative estimate of drug-likeness (QED) is 0.924. The maximum Gasteiger partial charge on any atom is 0.250 e. The average molecular weight is 290 g/mol. The average Bonchev–Trinajstić information content (AvgIpc) is 2.41. The van der Waals surface area contributed by atoms with Gasteiger partial charge in [0.25, 0.3) is 0 Å². The summed E-state index contributed by atoms with van der Waals surface area (Å²) in [5.41, 5.74) is 1.67. The summed E-state index contributed by atoms with van der Waals surface area (Å²) >= 11 is 0. The zero-order valence-electron chi connectivity index (χ0n) is 13.1. The first kappa shape index (κ1) is 15.4. The number of hydrogen-bond donors (Lipinski definition) is 1. The number of ether oxygens (including phenoxy) is 1. The van der Waals surface area contributed by atoms with Crippen molar-refractivity contribution in [2.75, 3.05) is 12.0 Å². The molecule has 0 aromatic heterocycles. The molecule has 21 heavy (non-hydrogen) atoms. The van der Waals surface area contributed by atoms with E-state index in [1.54, 1.807) is 18.9 Å². The van der Waals surface area contributed by atoms with Gasteiger partial charge in [-0.2, -0.15) is 0 Å². The van der Waals surface area contributed by atoms with Crippen molar-refractivity contribution in [2.45, 2.75) is 39.8 Å². The van der Waals surface area contributed by atoms with Gasteiger partial charge in [-0.15, -0.1) is 0 Å².